The molecule has 2 heterocycles. The number of pyridine rings is 2. The molecule has 0 fully saturated rings. The topological polar surface area (TPSA) is 83.2 Å². The Kier molecular flexibility index (Phi) is 4.41. The van der Waals surface area contributed by atoms with Crippen LogP contribution < -0.4 is 30.9 Å². The summed E-state index contributed by atoms with van der Waals surface area (Å²) in [7, 11) is 2.97. The fourth-order valence-corrected chi connectivity index (χ4v) is 3.24. The van der Waals surface area contributed by atoms with E-state index >= 15 is 0 Å². The van der Waals surface area contributed by atoms with Gasteiger partial charge in [0.1, 0.15) is 5.75 Å². The Labute approximate surface area is 159 Å². The minimum atomic E-state index is -0.125. The van der Waals surface area contributed by atoms with E-state index in [2.05, 4.69) is 0 Å². The molecule has 2 aromatic heterocycles. The maximum absolute atomic E-state index is 10.4. The number of ether oxygens (including phenoxy) is 2. The highest BCUT2D eigenvalue weighted by Crippen LogP contribution is 2.42. The van der Waals surface area contributed by atoms with E-state index in [0.717, 1.165) is 5.39 Å². The summed E-state index contributed by atoms with van der Waals surface area (Å²) in [5.74, 6) is 0.571. The lowest BCUT2D eigenvalue weighted by atomic mass is 10.0. The predicted octanol–water partition coefficient (Wildman–Crippen LogP) is -0.130. The van der Waals surface area contributed by atoms with Gasteiger partial charge in [-0.2, -0.15) is 4.40 Å². The van der Waals surface area contributed by atoms with Gasteiger partial charge in [0.2, 0.25) is 5.52 Å². The van der Waals surface area contributed by atoms with Crippen LogP contribution in [0.25, 0.3) is 27.1 Å². The quantitative estimate of drug-likeness (QED) is 0.240. The molecule has 0 radical (unpaired) electrons. The monoisotopic (exact) mass is 417 g/mol. The molecule has 0 saturated carbocycles. The zero-order chi connectivity index (χ0) is 17.7. The van der Waals surface area contributed by atoms with Gasteiger partial charge in [-0.15, -0.1) is 0 Å². The third-order valence-corrected chi connectivity index (χ3v) is 4.41. The molecule has 0 saturated heterocycles. The molecule has 4 aromatic rings. The highest BCUT2D eigenvalue weighted by atomic mass is 79.9. The van der Waals surface area contributed by atoms with Crippen molar-refractivity contribution in [3.05, 3.63) is 42.7 Å². The largest absolute Gasteiger partial charge is 1.00 e. The molecule has 134 valence electrons. The summed E-state index contributed by atoms with van der Waals surface area (Å²) in [6, 6.07) is 8.38. The SMILES string of the molecule is COc1ccc2cc3c4c(O)cc(O)c(OC)c4cc[n+]3cc2c1O.[Br-]. The minimum absolute atomic E-state index is 0. The standard InChI is InChI=1S/C19H15NO5.BrH/c1-24-16-4-3-10-7-13-17-11(19(25-2)15(22)8-14(17)21)5-6-20(13)9-12(10)18(16)23;/h3-9H,1-2H3,(H2,21,22,23);1H. The van der Waals surface area contributed by atoms with Crippen LogP contribution in [-0.2, 0) is 0 Å². The number of phenols is 3. The maximum Gasteiger partial charge on any atom is 0.223 e. The molecule has 0 spiro atoms. The fourth-order valence-electron chi connectivity index (χ4n) is 3.24. The number of aromatic nitrogens is 1. The number of aromatic hydroxyl groups is 3. The van der Waals surface area contributed by atoms with Gasteiger partial charge in [-0.05, 0) is 17.5 Å². The number of benzene rings is 2. The van der Waals surface area contributed by atoms with E-state index in [0.29, 0.717) is 33.2 Å². The van der Waals surface area contributed by atoms with Crippen molar-refractivity contribution in [3.8, 4) is 28.7 Å². The molecule has 3 N–H and O–H groups in total. The van der Waals surface area contributed by atoms with E-state index < -0.39 is 0 Å². The Morgan fingerprint density at radius 1 is 0.885 bits per heavy atom. The first-order chi connectivity index (χ1) is 12.0. The summed E-state index contributed by atoms with van der Waals surface area (Å²) in [5, 5.41) is 33.3. The second kappa shape index (κ2) is 6.42. The van der Waals surface area contributed by atoms with Gasteiger partial charge in [0.05, 0.1) is 25.0 Å². The molecule has 0 amide bonds. The second-order valence-corrected chi connectivity index (χ2v) is 5.74. The lowest BCUT2D eigenvalue weighted by molar-refractivity contribution is -0.509. The maximum atomic E-state index is 10.4. The van der Waals surface area contributed by atoms with E-state index in [4.69, 9.17) is 9.47 Å². The number of nitrogens with zero attached hydrogens (tertiary/aromatic N) is 1. The van der Waals surface area contributed by atoms with Crippen molar-refractivity contribution in [2.45, 2.75) is 0 Å². The molecule has 0 atom stereocenters. The first kappa shape index (κ1) is 17.9. The van der Waals surface area contributed by atoms with Crippen LogP contribution in [0.3, 0.4) is 0 Å². The van der Waals surface area contributed by atoms with Crippen LogP contribution in [0.4, 0.5) is 0 Å². The normalized spacial score (nSPS) is 10.8. The number of hydrogen-bond acceptors (Lipinski definition) is 5. The Morgan fingerprint density at radius 2 is 1.65 bits per heavy atom. The van der Waals surface area contributed by atoms with Gasteiger partial charge in [0, 0.05) is 23.6 Å². The van der Waals surface area contributed by atoms with Crippen LogP contribution in [0.1, 0.15) is 0 Å². The number of halogens is 1. The van der Waals surface area contributed by atoms with Crippen molar-refractivity contribution < 1.29 is 46.2 Å². The third kappa shape index (κ3) is 2.43. The van der Waals surface area contributed by atoms with Crippen LogP contribution >= 0.6 is 0 Å². The number of methoxy groups -OCH3 is 2. The van der Waals surface area contributed by atoms with Crippen LogP contribution in [-0.4, -0.2) is 29.5 Å². The Hall–Kier alpha value is -2.93. The van der Waals surface area contributed by atoms with Gasteiger partial charge in [-0.1, -0.05) is 0 Å². The van der Waals surface area contributed by atoms with Crippen molar-refractivity contribution in [2.75, 3.05) is 14.2 Å². The molecule has 4 rings (SSSR count). The summed E-state index contributed by atoms with van der Waals surface area (Å²) in [6.45, 7) is 0. The van der Waals surface area contributed by atoms with Gasteiger partial charge in [-0.3, -0.25) is 0 Å². The minimum Gasteiger partial charge on any atom is -1.00 e. The van der Waals surface area contributed by atoms with E-state index in [1.807, 2.05) is 12.1 Å². The molecule has 0 unspecified atom stereocenters. The van der Waals surface area contributed by atoms with E-state index in [-0.39, 0.29) is 34.2 Å². The van der Waals surface area contributed by atoms with Crippen molar-refractivity contribution in [1.29, 1.82) is 0 Å². The lowest BCUT2D eigenvalue weighted by Gasteiger charge is -2.10. The Balaban J connectivity index is 0.00000196. The smallest absolute Gasteiger partial charge is 0.223 e. The number of fused-ring (bicyclic) bond motifs is 4. The zero-order valence-corrected chi connectivity index (χ0v) is 15.6. The van der Waals surface area contributed by atoms with Crippen molar-refractivity contribution in [2.24, 2.45) is 0 Å². The molecule has 7 heteroatoms. The fraction of sp³-hybridized carbons (Fsp3) is 0.105. The molecule has 26 heavy (non-hydrogen) atoms. The van der Waals surface area contributed by atoms with Gasteiger partial charge < -0.3 is 41.8 Å². The van der Waals surface area contributed by atoms with Crippen LogP contribution in [0.15, 0.2) is 42.7 Å². The van der Waals surface area contributed by atoms with Crippen molar-refractivity contribution in [3.63, 3.8) is 0 Å². The highest BCUT2D eigenvalue weighted by Gasteiger charge is 2.20. The lowest BCUT2D eigenvalue weighted by Crippen LogP contribution is -3.00. The molecular formula is C19H16BrNO5. The van der Waals surface area contributed by atoms with Crippen LogP contribution in [0, 0.1) is 0 Å². The van der Waals surface area contributed by atoms with Crippen molar-refractivity contribution >= 4 is 27.1 Å². The van der Waals surface area contributed by atoms with Gasteiger partial charge in [-0.25, -0.2) is 0 Å². The Bertz CT molecular complexity index is 1160. The van der Waals surface area contributed by atoms with Crippen LogP contribution in [0.2, 0.25) is 0 Å². The van der Waals surface area contributed by atoms with Gasteiger partial charge in [0.15, 0.2) is 35.4 Å². The number of phenolic OH excluding ortho intramolecular Hbond substituents is 3. The summed E-state index contributed by atoms with van der Waals surface area (Å²) in [4.78, 5) is 0. The summed E-state index contributed by atoms with van der Waals surface area (Å²) in [5.41, 5.74) is 0.713. The van der Waals surface area contributed by atoms with Gasteiger partial charge >= 0.3 is 0 Å². The molecule has 0 aliphatic carbocycles. The zero-order valence-electron chi connectivity index (χ0n) is 14.0. The molecular weight excluding hydrogens is 402 g/mol. The van der Waals surface area contributed by atoms with E-state index in [1.54, 1.807) is 28.9 Å². The summed E-state index contributed by atoms with van der Waals surface area (Å²) >= 11 is 0. The highest BCUT2D eigenvalue weighted by molar-refractivity contribution is 6.05. The summed E-state index contributed by atoms with van der Waals surface area (Å²) in [6.07, 6.45) is 3.54. The molecule has 0 aliphatic rings. The number of rotatable bonds is 2. The van der Waals surface area contributed by atoms with Crippen LogP contribution in [0.5, 0.6) is 28.7 Å². The molecule has 0 aliphatic heterocycles. The van der Waals surface area contributed by atoms with E-state index in [9.17, 15) is 15.3 Å². The number of hydrogen-bond donors (Lipinski definition) is 3. The van der Waals surface area contributed by atoms with E-state index in [1.165, 1.54) is 20.3 Å². The first-order valence-corrected chi connectivity index (χ1v) is 7.61. The third-order valence-electron chi connectivity index (χ3n) is 4.41. The molecule has 2 aromatic carbocycles. The predicted molar refractivity (Wildman–Crippen MR) is 92.7 cm³/mol. The van der Waals surface area contributed by atoms with Crippen molar-refractivity contribution in [1.82, 2.24) is 0 Å². The average molecular weight is 418 g/mol. The van der Waals surface area contributed by atoms with Gasteiger partial charge in [0.25, 0.3) is 0 Å². The average Bonchev–Trinajstić information content (AvgIpc) is 2.60. The molecule has 6 nitrogen and oxygen atoms in total. The first-order valence-electron chi connectivity index (χ1n) is 7.61. The Morgan fingerprint density at radius 3 is 2.35 bits per heavy atom. The summed E-state index contributed by atoms with van der Waals surface area (Å²) < 4.78 is 12.2. The second-order valence-electron chi connectivity index (χ2n) is 5.74. The molecule has 0 bridgehead atoms.